The third-order valence-electron chi connectivity index (χ3n) is 6.57. The molecule has 6 rings (SSSR count). The summed E-state index contributed by atoms with van der Waals surface area (Å²) in [6.07, 6.45) is 7.16. The van der Waals surface area contributed by atoms with Crippen LogP contribution in [0.5, 0.6) is 0 Å². The Balaban J connectivity index is 1.51. The molecule has 0 aliphatic carbocycles. The van der Waals surface area contributed by atoms with Gasteiger partial charge < -0.3 is 14.8 Å². The van der Waals surface area contributed by atoms with Gasteiger partial charge in [0.15, 0.2) is 0 Å². The molecule has 0 radical (unpaired) electrons. The van der Waals surface area contributed by atoms with Crippen LogP contribution in [0.25, 0.3) is 10.9 Å². The van der Waals surface area contributed by atoms with Gasteiger partial charge in [-0.05, 0) is 57.2 Å². The Morgan fingerprint density at radius 1 is 1.04 bits per heavy atom. The van der Waals surface area contributed by atoms with Crippen LogP contribution >= 0.6 is 0 Å². The number of nitrogens with zero attached hydrogens (tertiary/aromatic N) is 2. The Morgan fingerprint density at radius 2 is 1.88 bits per heavy atom. The predicted octanol–water partition coefficient (Wildman–Crippen LogP) is 3.19. The fourth-order valence-electron chi connectivity index (χ4n) is 5.23. The highest BCUT2D eigenvalue weighted by molar-refractivity contribution is 6.08. The lowest BCUT2D eigenvalue weighted by Gasteiger charge is -2.44. The first-order chi connectivity index (χ1) is 12.3. The summed E-state index contributed by atoms with van der Waals surface area (Å²) >= 11 is 0. The van der Waals surface area contributed by atoms with E-state index in [0.717, 1.165) is 30.5 Å². The normalized spacial score (nSPS) is 28.6. The third-order valence-corrected chi connectivity index (χ3v) is 6.57. The van der Waals surface area contributed by atoms with Crippen molar-refractivity contribution in [3.8, 4) is 0 Å². The van der Waals surface area contributed by atoms with Crippen LogP contribution in [-0.2, 0) is 13.0 Å². The Hall–Kier alpha value is -1.81. The van der Waals surface area contributed by atoms with Crippen LogP contribution in [0.15, 0.2) is 24.3 Å². The Morgan fingerprint density at radius 3 is 2.68 bits per heavy atom. The number of nitrogens with one attached hydrogen (secondary N) is 1. The molecule has 1 aromatic heterocycles. The number of para-hydroxylation sites is 1. The van der Waals surface area contributed by atoms with E-state index >= 15 is 0 Å². The summed E-state index contributed by atoms with van der Waals surface area (Å²) in [4.78, 5) is 15.8. The van der Waals surface area contributed by atoms with E-state index in [9.17, 15) is 4.79 Å². The van der Waals surface area contributed by atoms with Crippen LogP contribution in [0.2, 0.25) is 0 Å². The molecule has 0 spiro atoms. The fourth-order valence-corrected chi connectivity index (χ4v) is 5.23. The van der Waals surface area contributed by atoms with Crippen LogP contribution in [-0.4, -0.2) is 41.1 Å². The zero-order valence-electron chi connectivity index (χ0n) is 14.8. The van der Waals surface area contributed by atoms with Crippen molar-refractivity contribution in [3.63, 3.8) is 0 Å². The number of aryl methyl sites for hydroxylation is 1. The second-order valence-electron chi connectivity index (χ2n) is 8.02. The fraction of sp³-hybridized carbons (Fsp3) is 0.571. The molecule has 5 heterocycles. The maximum absolute atomic E-state index is 13.3. The number of amides is 1. The van der Waals surface area contributed by atoms with Crippen molar-refractivity contribution in [3.05, 3.63) is 35.5 Å². The Labute approximate surface area is 149 Å². The average Bonchev–Trinajstić information content (AvgIpc) is 2.79. The number of hydrogen-bond donors (Lipinski definition) is 1. The molecule has 3 fully saturated rings. The predicted molar refractivity (Wildman–Crippen MR) is 99.9 cm³/mol. The van der Waals surface area contributed by atoms with Gasteiger partial charge in [-0.2, -0.15) is 0 Å². The maximum atomic E-state index is 13.3. The van der Waals surface area contributed by atoms with Crippen LogP contribution in [0, 0.1) is 5.92 Å². The van der Waals surface area contributed by atoms with E-state index in [1.165, 1.54) is 56.4 Å². The molecule has 4 nitrogen and oxygen atoms in total. The first kappa shape index (κ1) is 15.4. The van der Waals surface area contributed by atoms with Crippen molar-refractivity contribution in [2.75, 3.05) is 19.6 Å². The summed E-state index contributed by atoms with van der Waals surface area (Å²) < 4.78 is 2.41. The van der Waals surface area contributed by atoms with Gasteiger partial charge in [0.05, 0.1) is 5.56 Å². The number of hydrogen-bond acceptors (Lipinski definition) is 2. The second kappa shape index (κ2) is 6.17. The summed E-state index contributed by atoms with van der Waals surface area (Å²) in [6, 6.07) is 8.79. The van der Waals surface area contributed by atoms with Gasteiger partial charge in [0.2, 0.25) is 0 Å². The van der Waals surface area contributed by atoms with E-state index in [-0.39, 0.29) is 5.91 Å². The van der Waals surface area contributed by atoms with Crippen LogP contribution in [0.1, 0.15) is 48.2 Å². The number of piperidine rings is 3. The van der Waals surface area contributed by atoms with Crippen molar-refractivity contribution < 1.29 is 4.79 Å². The Bertz CT molecular complexity index is 801. The molecule has 0 unspecified atom stereocenters. The number of rotatable bonds is 2. The number of carbonyl (C=O) groups is 1. The minimum Gasteiger partial charge on any atom is -0.348 e. The van der Waals surface area contributed by atoms with Crippen LogP contribution in [0.3, 0.4) is 0 Å². The van der Waals surface area contributed by atoms with Crippen molar-refractivity contribution >= 4 is 16.8 Å². The second-order valence-corrected chi connectivity index (χ2v) is 8.02. The van der Waals surface area contributed by atoms with Gasteiger partial charge in [0, 0.05) is 35.7 Å². The monoisotopic (exact) mass is 337 g/mol. The molecular formula is C21H27N3O. The lowest BCUT2D eigenvalue weighted by Crippen LogP contribution is -2.57. The average molecular weight is 337 g/mol. The summed E-state index contributed by atoms with van der Waals surface area (Å²) in [7, 11) is 0. The molecule has 1 N–H and O–H groups in total. The van der Waals surface area contributed by atoms with Gasteiger partial charge >= 0.3 is 0 Å². The highest BCUT2D eigenvalue weighted by Crippen LogP contribution is 2.32. The topological polar surface area (TPSA) is 37.3 Å². The molecule has 1 amide bonds. The molecule has 25 heavy (non-hydrogen) atoms. The van der Waals surface area contributed by atoms with Crippen molar-refractivity contribution in [1.82, 2.24) is 14.8 Å². The molecule has 132 valence electrons. The molecule has 1 atom stereocenters. The molecule has 4 heteroatoms. The summed E-state index contributed by atoms with van der Waals surface area (Å²) in [6.45, 7) is 4.50. The number of aromatic nitrogens is 1. The molecule has 2 aromatic rings. The van der Waals surface area contributed by atoms with Gasteiger partial charge in [0.1, 0.15) is 0 Å². The van der Waals surface area contributed by atoms with Crippen LogP contribution < -0.4 is 5.32 Å². The highest BCUT2D eigenvalue weighted by atomic mass is 16.1. The minimum atomic E-state index is 0.158. The van der Waals surface area contributed by atoms with Crippen molar-refractivity contribution in [1.29, 1.82) is 0 Å². The van der Waals surface area contributed by atoms with E-state index in [1.54, 1.807) is 0 Å². The smallest absolute Gasteiger partial charge is 0.254 e. The molecule has 1 aromatic carbocycles. The molecule has 4 aliphatic heterocycles. The summed E-state index contributed by atoms with van der Waals surface area (Å²) in [5.74, 6) is 0.826. The number of fused-ring (bicyclic) bond motifs is 6. The lowest BCUT2D eigenvalue weighted by atomic mass is 9.84. The van der Waals surface area contributed by atoms with E-state index < -0.39 is 0 Å². The largest absolute Gasteiger partial charge is 0.348 e. The zero-order chi connectivity index (χ0) is 16.8. The lowest BCUT2D eigenvalue weighted by molar-refractivity contribution is 0.0620. The van der Waals surface area contributed by atoms with Gasteiger partial charge in [-0.1, -0.05) is 24.6 Å². The zero-order valence-corrected chi connectivity index (χ0v) is 14.8. The third kappa shape index (κ3) is 2.58. The number of carbonyl (C=O) groups excluding carboxylic acids is 1. The molecule has 2 bridgehead atoms. The standard InChI is InChI=1S/C21H27N3O/c25-21(22-17-14-23-12-9-15(17)10-13-23)20-16-6-3-4-7-18(16)24-11-5-1-2-8-19(20)24/h3-4,6-7,15,17H,1-2,5,8-14H2,(H,22,25)/t17-/m1/s1. The van der Waals surface area contributed by atoms with Gasteiger partial charge in [0.25, 0.3) is 5.91 Å². The first-order valence-corrected chi connectivity index (χ1v) is 9.94. The molecule has 0 saturated carbocycles. The number of benzene rings is 1. The minimum absolute atomic E-state index is 0.158. The van der Waals surface area contributed by atoms with E-state index in [4.69, 9.17) is 0 Å². The van der Waals surface area contributed by atoms with Crippen LogP contribution in [0.4, 0.5) is 0 Å². The molecule has 3 saturated heterocycles. The Kier molecular flexibility index (Phi) is 3.81. The summed E-state index contributed by atoms with van der Waals surface area (Å²) in [5, 5.41) is 4.56. The van der Waals surface area contributed by atoms with Gasteiger partial charge in [-0.15, -0.1) is 0 Å². The quantitative estimate of drug-likeness (QED) is 0.914. The maximum Gasteiger partial charge on any atom is 0.254 e. The molecular weight excluding hydrogens is 310 g/mol. The summed E-state index contributed by atoms with van der Waals surface area (Å²) in [5.41, 5.74) is 3.45. The van der Waals surface area contributed by atoms with Gasteiger partial charge in [-0.25, -0.2) is 0 Å². The van der Waals surface area contributed by atoms with E-state index in [2.05, 4.69) is 39.0 Å². The first-order valence-electron chi connectivity index (χ1n) is 9.94. The van der Waals surface area contributed by atoms with Crippen molar-refractivity contribution in [2.45, 2.75) is 51.1 Å². The van der Waals surface area contributed by atoms with E-state index in [0.29, 0.717) is 12.0 Å². The van der Waals surface area contributed by atoms with Crippen molar-refractivity contribution in [2.24, 2.45) is 5.92 Å². The van der Waals surface area contributed by atoms with E-state index in [1.807, 2.05) is 0 Å². The SMILES string of the molecule is O=C(N[C@@H]1CN2CCC1CC2)c1c2n(c3ccccc13)CCCCC2. The highest BCUT2D eigenvalue weighted by Gasteiger charge is 2.35. The molecule has 4 aliphatic rings. The van der Waals surface area contributed by atoms with Gasteiger partial charge in [-0.3, -0.25) is 4.79 Å².